The number of benzene rings is 2. The number of alkyl carbamates (subject to hydrolysis) is 1. The molecule has 9 nitrogen and oxygen atoms in total. The van der Waals surface area contributed by atoms with Gasteiger partial charge < -0.3 is 30.2 Å². The Morgan fingerprint density at radius 2 is 1.53 bits per heavy atom. The van der Waals surface area contributed by atoms with Gasteiger partial charge in [0.1, 0.15) is 12.1 Å². The predicted molar refractivity (Wildman–Crippen MR) is 120 cm³/mol. The van der Waals surface area contributed by atoms with Crippen LogP contribution in [0.2, 0.25) is 0 Å². The first-order valence-electron chi connectivity index (χ1n) is 10.0. The molecule has 9 heteroatoms. The fourth-order valence-electron chi connectivity index (χ4n) is 2.51. The van der Waals surface area contributed by atoms with Crippen LogP contribution in [0.1, 0.15) is 26.3 Å². The number of methoxy groups -OCH3 is 1. The maximum absolute atomic E-state index is 12.0. The van der Waals surface area contributed by atoms with Gasteiger partial charge in [0.15, 0.2) is 18.1 Å². The Morgan fingerprint density at radius 3 is 2.16 bits per heavy atom. The van der Waals surface area contributed by atoms with Gasteiger partial charge in [-0.25, -0.2) is 4.79 Å². The number of carbonyl (C=O) groups excluding carboxylic acids is 3. The molecule has 0 saturated carbocycles. The van der Waals surface area contributed by atoms with Gasteiger partial charge >= 0.3 is 6.09 Å². The van der Waals surface area contributed by atoms with E-state index >= 15 is 0 Å². The molecule has 0 unspecified atom stereocenters. The highest BCUT2D eigenvalue weighted by Crippen LogP contribution is 2.25. The Labute approximate surface area is 187 Å². The summed E-state index contributed by atoms with van der Waals surface area (Å²) in [6.07, 6.45) is -0.659. The molecule has 3 amide bonds. The summed E-state index contributed by atoms with van der Waals surface area (Å²) in [4.78, 5) is 35.6. The molecule has 3 N–H and O–H groups in total. The van der Waals surface area contributed by atoms with Crippen LogP contribution >= 0.6 is 0 Å². The zero-order valence-corrected chi connectivity index (χ0v) is 18.7. The lowest BCUT2D eigenvalue weighted by molar-refractivity contribution is -0.123. The lowest BCUT2D eigenvalue weighted by Gasteiger charge is -2.19. The number of hydrogen-bond acceptors (Lipinski definition) is 6. The molecule has 0 bridgehead atoms. The van der Waals surface area contributed by atoms with Gasteiger partial charge in [-0.15, -0.1) is 0 Å². The van der Waals surface area contributed by atoms with E-state index in [-0.39, 0.29) is 25.0 Å². The van der Waals surface area contributed by atoms with Gasteiger partial charge in [-0.2, -0.15) is 0 Å². The topological polar surface area (TPSA) is 115 Å². The molecule has 0 aliphatic rings. The first kappa shape index (κ1) is 24.5. The smallest absolute Gasteiger partial charge is 0.408 e. The molecule has 0 heterocycles. The summed E-state index contributed by atoms with van der Waals surface area (Å²) in [6, 6.07) is 14.1. The number of carbonyl (C=O) groups is 3. The predicted octanol–water partition coefficient (Wildman–Crippen LogP) is 2.85. The Hall–Kier alpha value is -3.75. The highest BCUT2D eigenvalue weighted by atomic mass is 16.6. The van der Waals surface area contributed by atoms with Crippen LogP contribution in [-0.4, -0.2) is 43.8 Å². The number of amides is 3. The number of rotatable bonds is 9. The third-order valence-corrected chi connectivity index (χ3v) is 3.95. The summed E-state index contributed by atoms with van der Waals surface area (Å²) in [5.41, 5.74) is 0.780. The Bertz CT molecular complexity index is 922. The van der Waals surface area contributed by atoms with Crippen LogP contribution in [0.15, 0.2) is 48.5 Å². The maximum Gasteiger partial charge on any atom is 0.408 e. The van der Waals surface area contributed by atoms with E-state index in [1.54, 1.807) is 63.2 Å². The second kappa shape index (κ2) is 11.6. The first-order valence-corrected chi connectivity index (χ1v) is 10.0. The molecular weight excluding hydrogens is 414 g/mol. The lowest BCUT2D eigenvalue weighted by Crippen LogP contribution is -2.37. The number of nitrogens with one attached hydrogen (secondary N) is 3. The van der Waals surface area contributed by atoms with Crippen LogP contribution in [-0.2, 0) is 20.9 Å². The minimum atomic E-state index is -0.659. The van der Waals surface area contributed by atoms with E-state index in [1.165, 1.54) is 7.11 Å². The van der Waals surface area contributed by atoms with Crippen molar-refractivity contribution >= 4 is 23.6 Å². The van der Waals surface area contributed by atoms with Crippen molar-refractivity contribution in [3.05, 3.63) is 54.1 Å². The molecule has 172 valence electrons. The van der Waals surface area contributed by atoms with Gasteiger partial charge in [0.2, 0.25) is 5.91 Å². The summed E-state index contributed by atoms with van der Waals surface area (Å²) in [5, 5.41) is 7.83. The van der Waals surface area contributed by atoms with Crippen molar-refractivity contribution in [2.24, 2.45) is 0 Å². The van der Waals surface area contributed by atoms with E-state index in [2.05, 4.69) is 16.0 Å². The SMILES string of the molecule is COc1ccccc1OCC(=O)NCc1ccc(NC(=O)CNC(=O)OC(C)(C)C)cc1. The molecule has 0 spiro atoms. The highest BCUT2D eigenvalue weighted by Gasteiger charge is 2.16. The monoisotopic (exact) mass is 443 g/mol. The minimum Gasteiger partial charge on any atom is -0.493 e. The van der Waals surface area contributed by atoms with Crippen molar-refractivity contribution in [2.45, 2.75) is 32.9 Å². The van der Waals surface area contributed by atoms with Gasteiger partial charge in [0.25, 0.3) is 5.91 Å². The molecule has 0 saturated heterocycles. The van der Waals surface area contributed by atoms with Gasteiger partial charge in [-0.3, -0.25) is 9.59 Å². The molecule has 2 aromatic carbocycles. The number of ether oxygens (including phenoxy) is 3. The average molecular weight is 444 g/mol. The molecule has 0 aliphatic heterocycles. The highest BCUT2D eigenvalue weighted by molar-refractivity contribution is 5.93. The maximum atomic E-state index is 12.0. The largest absolute Gasteiger partial charge is 0.493 e. The third kappa shape index (κ3) is 8.95. The number of anilines is 1. The molecule has 2 aromatic rings. The summed E-state index contributed by atoms with van der Waals surface area (Å²) in [7, 11) is 1.53. The molecule has 0 radical (unpaired) electrons. The molecule has 0 aliphatic carbocycles. The van der Waals surface area contributed by atoms with Gasteiger partial charge in [0, 0.05) is 12.2 Å². The van der Waals surface area contributed by atoms with Crippen LogP contribution in [0.25, 0.3) is 0 Å². The Balaban J connectivity index is 1.72. The molecular formula is C23H29N3O6. The van der Waals surface area contributed by atoms with Gasteiger partial charge in [0.05, 0.1) is 7.11 Å². The molecule has 2 rings (SSSR count). The quantitative estimate of drug-likeness (QED) is 0.549. The van der Waals surface area contributed by atoms with Crippen LogP contribution < -0.4 is 25.4 Å². The molecule has 0 atom stereocenters. The summed E-state index contributed by atoms with van der Waals surface area (Å²) < 4.78 is 15.7. The summed E-state index contributed by atoms with van der Waals surface area (Å²) in [5.74, 6) is 0.387. The second-order valence-electron chi connectivity index (χ2n) is 7.82. The standard InChI is InChI=1S/C23H29N3O6/c1-23(2,3)32-22(29)25-14-20(27)26-17-11-9-16(10-12-17)13-24-21(28)15-31-19-8-6-5-7-18(19)30-4/h5-12H,13-15H2,1-4H3,(H,24,28)(H,25,29)(H,26,27). The zero-order valence-electron chi connectivity index (χ0n) is 18.7. The second-order valence-corrected chi connectivity index (χ2v) is 7.82. The van der Waals surface area contributed by atoms with Crippen molar-refractivity contribution in [1.82, 2.24) is 10.6 Å². The van der Waals surface area contributed by atoms with Crippen LogP contribution in [0.4, 0.5) is 10.5 Å². The average Bonchev–Trinajstić information content (AvgIpc) is 2.75. The Morgan fingerprint density at radius 1 is 0.875 bits per heavy atom. The molecule has 0 fully saturated rings. The lowest BCUT2D eigenvalue weighted by atomic mass is 10.2. The van der Waals surface area contributed by atoms with E-state index in [0.717, 1.165) is 5.56 Å². The van der Waals surface area contributed by atoms with E-state index < -0.39 is 11.7 Å². The normalized spacial score (nSPS) is 10.6. The van der Waals surface area contributed by atoms with Gasteiger partial charge in [-0.1, -0.05) is 24.3 Å². The first-order chi connectivity index (χ1) is 15.2. The fraction of sp³-hybridized carbons (Fsp3) is 0.348. The van der Waals surface area contributed by atoms with Crippen LogP contribution in [0, 0.1) is 0 Å². The van der Waals surface area contributed by atoms with E-state index in [1.807, 2.05) is 6.07 Å². The number of hydrogen-bond donors (Lipinski definition) is 3. The van der Waals surface area contributed by atoms with Crippen molar-refractivity contribution in [3.8, 4) is 11.5 Å². The fourth-order valence-corrected chi connectivity index (χ4v) is 2.51. The van der Waals surface area contributed by atoms with Crippen molar-refractivity contribution in [1.29, 1.82) is 0 Å². The van der Waals surface area contributed by atoms with Crippen molar-refractivity contribution < 1.29 is 28.6 Å². The van der Waals surface area contributed by atoms with Gasteiger partial charge in [-0.05, 0) is 50.6 Å². The summed E-state index contributed by atoms with van der Waals surface area (Å²) in [6.45, 7) is 5.18. The van der Waals surface area contributed by atoms with Crippen LogP contribution in [0.3, 0.4) is 0 Å². The minimum absolute atomic E-state index is 0.140. The van der Waals surface area contributed by atoms with E-state index in [9.17, 15) is 14.4 Å². The molecule has 32 heavy (non-hydrogen) atoms. The Kier molecular flexibility index (Phi) is 8.88. The third-order valence-electron chi connectivity index (χ3n) is 3.95. The van der Waals surface area contributed by atoms with Crippen molar-refractivity contribution in [2.75, 3.05) is 25.6 Å². The summed E-state index contributed by atoms with van der Waals surface area (Å²) >= 11 is 0. The zero-order chi connectivity index (χ0) is 23.6. The van der Waals surface area contributed by atoms with Crippen LogP contribution in [0.5, 0.6) is 11.5 Å². The number of para-hydroxylation sites is 2. The van der Waals surface area contributed by atoms with E-state index in [0.29, 0.717) is 23.7 Å². The van der Waals surface area contributed by atoms with Crippen molar-refractivity contribution in [3.63, 3.8) is 0 Å². The van der Waals surface area contributed by atoms with E-state index in [4.69, 9.17) is 14.2 Å². The molecule has 0 aromatic heterocycles.